The first-order valence-corrected chi connectivity index (χ1v) is 11.6. The minimum Gasteiger partial charge on any atom is -0.337 e. The first kappa shape index (κ1) is 22.3. The second-order valence-corrected chi connectivity index (χ2v) is 9.69. The maximum absolute atomic E-state index is 13.8. The highest BCUT2D eigenvalue weighted by Crippen LogP contribution is 2.55. The van der Waals surface area contributed by atoms with Crippen LogP contribution in [0.4, 0.5) is 17.6 Å². The average Bonchev–Trinajstić information content (AvgIpc) is 3.35. The molecule has 2 saturated carbocycles. The lowest BCUT2D eigenvalue weighted by molar-refractivity contribution is -0.144. The first-order chi connectivity index (χ1) is 15.7. The zero-order valence-corrected chi connectivity index (χ0v) is 18.3. The molecular weight excluding hydrogens is 434 g/mol. The van der Waals surface area contributed by atoms with E-state index < -0.39 is 17.2 Å². The second kappa shape index (κ2) is 8.38. The van der Waals surface area contributed by atoms with Crippen LogP contribution in [0, 0.1) is 17.2 Å². The van der Waals surface area contributed by atoms with E-state index in [4.69, 9.17) is 0 Å². The number of benzene rings is 1. The predicted octanol–water partition coefficient (Wildman–Crippen LogP) is 4.86. The lowest BCUT2D eigenvalue weighted by Gasteiger charge is -2.37. The van der Waals surface area contributed by atoms with Crippen LogP contribution in [0.5, 0.6) is 0 Å². The van der Waals surface area contributed by atoms with Crippen LogP contribution in [0.15, 0.2) is 36.5 Å². The van der Waals surface area contributed by atoms with Gasteiger partial charge in [-0.2, -0.15) is 13.2 Å². The Hall–Kier alpha value is -2.48. The Morgan fingerprint density at radius 3 is 2.79 bits per heavy atom. The number of nitrogens with one attached hydrogen (secondary N) is 1. The van der Waals surface area contributed by atoms with E-state index in [0.29, 0.717) is 30.8 Å². The van der Waals surface area contributed by atoms with Gasteiger partial charge in [0.2, 0.25) is 5.91 Å². The SMILES string of the molecule is O=C(N1CCc2ncc(C(F)(F)F)cc2C1)C12CCCC1CC(NCc1ccc(F)cc1)C2. The minimum absolute atomic E-state index is 0.0825. The number of alkyl halides is 3. The molecule has 1 aromatic carbocycles. The van der Waals surface area contributed by atoms with Gasteiger partial charge in [0.05, 0.1) is 11.0 Å². The van der Waals surface area contributed by atoms with Crippen LogP contribution in [0.25, 0.3) is 0 Å². The molecular formula is C25H27F4N3O. The Bertz CT molecular complexity index is 1040. The van der Waals surface area contributed by atoms with Gasteiger partial charge in [0.1, 0.15) is 5.82 Å². The zero-order valence-electron chi connectivity index (χ0n) is 18.3. The van der Waals surface area contributed by atoms with Crippen molar-refractivity contribution in [3.05, 3.63) is 64.7 Å². The van der Waals surface area contributed by atoms with Gasteiger partial charge in [-0.05, 0) is 60.9 Å². The van der Waals surface area contributed by atoms with Crippen molar-refractivity contribution < 1.29 is 22.4 Å². The van der Waals surface area contributed by atoms with Crippen LogP contribution in [-0.2, 0) is 30.5 Å². The van der Waals surface area contributed by atoms with Crippen molar-refractivity contribution in [3.8, 4) is 0 Å². The van der Waals surface area contributed by atoms with Crippen molar-refractivity contribution in [3.63, 3.8) is 0 Å². The van der Waals surface area contributed by atoms with Gasteiger partial charge in [-0.1, -0.05) is 18.6 Å². The molecule has 176 valence electrons. The fourth-order valence-corrected chi connectivity index (χ4v) is 6.08. The summed E-state index contributed by atoms with van der Waals surface area (Å²) in [6.45, 7) is 1.30. The molecule has 1 amide bonds. The highest BCUT2D eigenvalue weighted by atomic mass is 19.4. The molecule has 3 unspecified atom stereocenters. The number of hydrogen-bond acceptors (Lipinski definition) is 3. The van der Waals surface area contributed by atoms with Crippen molar-refractivity contribution in [1.29, 1.82) is 0 Å². The maximum atomic E-state index is 13.8. The third-order valence-corrected chi connectivity index (χ3v) is 7.72. The molecule has 2 aromatic rings. The molecule has 0 bridgehead atoms. The molecule has 2 fully saturated rings. The molecule has 1 N–H and O–H groups in total. The second-order valence-electron chi connectivity index (χ2n) is 9.69. The number of nitrogens with zero attached hydrogens (tertiary/aromatic N) is 2. The Morgan fingerprint density at radius 2 is 2.03 bits per heavy atom. The van der Waals surface area contributed by atoms with Gasteiger partial charge in [0.25, 0.3) is 0 Å². The summed E-state index contributed by atoms with van der Waals surface area (Å²) >= 11 is 0. The van der Waals surface area contributed by atoms with Gasteiger partial charge in [0, 0.05) is 44.0 Å². The van der Waals surface area contributed by atoms with Crippen molar-refractivity contribution in [2.24, 2.45) is 11.3 Å². The van der Waals surface area contributed by atoms with Gasteiger partial charge < -0.3 is 10.2 Å². The summed E-state index contributed by atoms with van der Waals surface area (Å²) in [5.41, 5.74) is 0.942. The molecule has 2 aliphatic carbocycles. The summed E-state index contributed by atoms with van der Waals surface area (Å²) in [5.74, 6) is 0.107. The molecule has 3 atom stereocenters. The Kier molecular flexibility index (Phi) is 5.67. The van der Waals surface area contributed by atoms with Gasteiger partial charge in [-0.3, -0.25) is 9.78 Å². The average molecular weight is 462 g/mol. The third kappa shape index (κ3) is 4.25. The fraction of sp³-hybridized carbons (Fsp3) is 0.520. The number of pyridine rings is 1. The van der Waals surface area contributed by atoms with Gasteiger partial charge >= 0.3 is 6.18 Å². The summed E-state index contributed by atoms with van der Waals surface area (Å²) in [5, 5.41) is 3.54. The third-order valence-electron chi connectivity index (χ3n) is 7.72. The van der Waals surface area contributed by atoms with E-state index in [1.54, 1.807) is 17.0 Å². The van der Waals surface area contributed by atoms with E-state index in [-0.39, 0.29) is 30.2 Å². The molecule has 0 saturated heterocycles. The number of carbonyl (C=O) groups excluding carboxylic acids is 1. The summed E-state index contributed by atoms with van der Waals surface area (Å²) in [6, 6.07) is 7.74. The number of aromatic nitrogens is 1. The molecule has 3 aliphatic rings. The zero-order chi connectivity index (χ0) is 23.2. The minimum atomic E-state index is -4.45. The van der Waals surface area contributed by atoms with E-state index in [1.165, 1.54) is 12.1 Å². The predicted molar refractivity (Wildman–Crippen MR) is 114 cm³/mol. The lowest BCUT2D eigenvalue weighted by atomic mass is 9.78. The van der Waals surface area contributed by atoms with Crippen LogP contribution in [-0.4, -0.2) is 28.4 Å². The largest absolute Gasteiger partial charge is 0.417 e. The van der Waals surface area contributed by atoms with E-state index in [9.17, 15) is 22.4 Å². The van der Waals surface area contributed by atoms with Crippen LogP contribution < -0.4 is 5.32 Å². The van der Waals surface area contributed by atoms with Crippen molar-refractivity contribution in [2.45, 2.75) is 63.8 Å². The van der Waals surface area contributed by atoms with E-state index in [2.05, 4.69) is 10.3 Å². The number of carbonyl (C=O) groups is 1. The van der Waals surface area contributed by atoms with E-state index >= 15 is 0 Å². The van der Waals surface area contributed by atoms with E-state index in [1.807, 2.05) is 0 Å². The summed E-state index contributed by atoms with van der Waals surface area (Å²) < 4.78 is 52.6. The number of amides is 1. The number of fused-ring (bicyclic) bond motifs is 2. The molecule has 5 rings (SSSR count). The van der Waals surface area contributed by atoms with Crippen LogP contribution in [0.2, 0.25) is 0 Å². The summed E-state index contributed by atoms with van der Waals surface area (Å²) in [6.07, 6.45) is 1.41. The van der Waals surface area contributed by atoms with Crippen molar-refractivity contribution in [1.82, 2.24) is 15.2 Å². The molecule has 33 heavy (non-hydrogen) atoms. The van der Waals surface area contributed by atoms with Crippen LogP contribution >= 0.6 is 0 Å². The molecule has 4 nitrogen and oxygen atoms in total. The Morgan fingerprint density at radius 1 is 1.24 bits per heavy atom. The van der Waals surface area contributed by atoms with E-state index in [0.717, 1.165) is 49.9 Å². The first-order valence-electron chi connectivity index (χ1n) is 11.6. The van der Waals surface area contributed by atoms with Gasteiger partial charge in [0.15, 0.2) is 0 Å². The normalized spacial score (nSPS) is 26.8. The topological polar surface area (TPSA) is 45.2 Å². The van der Waals surface area contributed by atoms with Gasteiger partial charge in [-0.25, -0.2) is 4.39 Å². The quantitative estimate of drug-likeness (QED) is 0.662. The monoisotopic (exact) mass is 461 g/mol. The standard InChI is InChI=1S/C25H27F4N3O/c26-20-5-3-16(4-6-20)13-30-21-11-18-2-1-8-24(18,12-21)23(33)32-9-7-22-17(15-32)10-19(14-31-22)25(27,28)29/h3-6,10,14,18,21,30H,1-2,7-9,11-13,15H2. The van der Waals surface area contributed by atoms with Crippen LogP contribution in [0.1, 0.15) is 54.5 Å². The van der Waals surface area contributed by atoms with Crippen molar-refractivity contribution >= 4 is 5.91 Å². The number of hydrogen-bond donors (Lipinski definition) is 1. The molecule has 8 heteroatoms. The Labute approximate surface area is 190 Å². The molecule has 0 spiro atoms. The molecule has 2 heterocycles. The number of rotatable bonds is 4. The van der Waals surface area contributed by atoms with Crippen LogP contribution in [0.3, 0.4) is 0 Å². The smallest absolute Gasteiger partial charge is 0.337 e. The van der Waals surface area contributed by atoms with Crippen molar-refractivity contribution in [2.75, 3.05) is 6.54 Å². The summed E-state index contributed by atoms with van der Waals surface area (Å²) in [7, 11) is 0. The maximum Gasteiger partial charge on any atom is 0.417 e. The fourth-order valence-electron chi connectivity index (χ4n) is 6.08. The Balaban J connectivity index is 1.29. The summed E-state index contributed by atoms with van der Waals surface area (Å²) in [4.78, 5) is 19.5. The molecule has 1 aliphatic heterocycles. The molecule has 1 aromatic heterocycles. The molecule has 0 radical (unpaired) electrons. The highest BCUT2D eigenvalue weighted by molar-refractivity contribution is 5.84. The lowest BCUT2D eigenvalue weighted by Crippen LogP contribution is -2.46. The van der Waals surface area contributed by atoms with Gasteiger partial charge in [-0.15, -0.1) is 0 Å². The highest BCUT2D eigenvalue weighted by Gasteiger charge is 2.56. The number of halogens is 4.